The Bertz CT molecular complexity index is 447. The van der Waals surface area contributed by atoms with Crippen molar-refractivity contribution in [3.8, 4) is 5.75 Å². The molecule has 0 aliphatic carbocycles. The van der Waals surface area contributed by atoms with Gasteiger partial charge in [-0.2, -0.15) is 0 Å². The Morgan fingerprint density at radius 1 is 1.11 bits per heavy atom. The van der Waals surface area contributed by atoms with Crippen molar-refractivity contribution in [2.45, 2.75) is 26.2 Å². The lowest BCUT2D eigenvalue weighted by Crippen LogP contribution is -2.00. The first-order valence-electron chi connectivity index (χ1n) is 5.62. The normalized spacial score (nSPS) is 10.1. The van der Waals surface area contributed by atoms with Gasteiger partial charge in [0.1, 0.15) is 5.75 Å². The van der Waals surface area contributed by atoms with Gasteiger partial charge < -0.3 is 4.74 Å². The number of nitrogens with zero attached hydrogens (tertiary/aromatic N) is 2. The number of hydrogen-bond acceptors (Lipinski definition) is 5. The summed E-state index contributed by atoms with van der Waals surface area (Å²) >= 11 is 0. The van der Waals surface area contributed by atoms with E-state index in [1.54, 1.807) is 0 Å². The molecule has 1 aromatic carbocycles. The predicted molar refractivity (Wildman–Crippen MR) is 64.8 cm³/mol. The number of hydrogen-bond donors (Lipinski definition) is 0. The van der Waals surface area contributed by atoms with Crippen LogP contribution >= 0.6 is 0 Å². The first-order valence-corrected chi connectivity index (χ1v) is 5.62. The Hall–Kier alpha value is -2.18. The highest BCUT2D eigenvalue weighted by Gasteiger charge is 2.24. The number of nitro groups is 2. The van der Waals surface area contributed by atoms with Crippen LogP contribution in [0.25, 0.3) is 0 Å². The number of nitro benzene ring substituents is 2. The van der Waals surface area contributed by atoms with Crippen molar-refractivity contribution in [3.63, 3.8) is 0 Å². The molecule has 0 aliphatic heterocycles. The van der Waals surface area contributed by atoms with E-state index in [0.717, 1.165) is 31.4 Å². The molecule has 0 aromatic heterocycles. The number of rotatable bonds is 7. The topological polar surface area (TPSA) is 95.5 Å². The first-order chi connectivity index (χ1) is 8.56. The van der Waals surface area contributed by atoms with Gasteiger partial charge in [-0.1, -0.05) is 19.8 Å². The molecule has 0 amide bonds. The highest BCUT2D eigenvalue weighted by atomic mass is 16.6. The summed E-state index contributed by atoms with van der Waals surface area (Å²) in [5.41, 5.74) is -1.08. The van der Waals surface area contributed by atoms with E-state index >= 15 is 0 Å². The summed E-state index contributed by atoms with van der Waals surface area (Å²) in [6.45, 7) is 2.50. The molecule has 0 radical (unpaired) electrons. The highest BCUT2D eigenvalue weighted by molar-refractivity contribution is 5.55. The molecule has 18 heavy (non-hydrogen) atoms. The smallest absolute Gasteiger partial charge is 0.349 e. The summed E-state index contributed by atoms with van der Waals surface area (Å²) in [5, 5.41) is 21.3. The van der Waals surface area contributed by atoms with Gasteiger partial charge in [0.2, 0.25) is 0 Å². The lowest BCUT2D eigenvalue weighted by atomic mass is 10.2. The van der Waals surface area contributed by atoms with Crippen molar-refractivity contribution in [1.82, 2.24) is 0 Å². The standard InChI is InChI=1S/C11H14N2O5/c1-2-3-4-7-18-9-5-6-10(12(14)15)11(8-9)13(16)17/h5-6,8H,2-4,7H2,1H3. The SMILES string of the molecule is CCCCCOc1ccc([N+](=O)[O-])c([N+](=O)[O-])c1. The van der Waals surface area contributed by atoms with Crippen LogP contribution in [0.15, 0.2) is 18.2 Å². The molecule has 0 unspecified atom stereocenters. The van der Waals surface area contributed by atoms with Crippen molar-refractivity contribution in [1.29, 1.82) is 0 Å². The van der Waals surface area contributed by atoms with E-state index in [9.17, 15) is 20.2 Å². The molecule has 1 aromatic rings. The summed E-state index contributed by atoms with van der Waals surface area (Å²) in [4.78, 5) is 19.7. The molecule has 0 saturated heterocycles. The van der Waals surface area contributed by atoms with Gasteiger partial charge in [0.05, 0.1) is 22.5 Å². The maximum absolute atomic E-state index is 10.7. The van der Waals surface area contributed by atoms with Crippen molar-refractivity contribution in [2.75, 3.05) is 6.61 Å². The van der Waals surface area contributed by atoms with Gasteiger partial charge in [-0.15, -0.1) is 0 Å². The summed E-state index contributed by atoms with van der Waals surface area (Å²) in [7, 11) is 0. The first kappa shape index (κ1) is 13.9. The molecule has 0 aliphatic rings. The van der Waals surface area contributed by atoms with Crippen molar-refractivity contribution >= 4 is 11.4 Å². The second kappa shape index (κ2) is 6.53. The van der Waals surface area contributed by atoms with Crippen LogP contribution in [0.4, 0.5) is 11.4 Å². The minimum atomic E-state index is -0.781. The average Bonchev–Trinajstić information content (AvgIpc) is 2.34. The lowest BCUT2D eigenvalue weighted by molar-refractivity contribution is -0.422. The number of unbranched alkanes of at least 4 members (excludes halogenated alkanes) is 2. The fourth-order valence-corrected chi connectivity index (χ4v) is 1.44. The van der Waals surface area contributed by atoms with Crippen LogP contribution in [0.5, 0.6) is 5.75 Å². The van der Waals surface area contributed by atoms with E-state index in [-0.39, 0.29) is 5.75 Å². The Labute approximate surface area is 104 Å². The molecule has 0 heterocycles. The molecule has 0 saturated carbocycles. The van der Waals surface area contributed by atoms with Crippen LogP contribution < -0.4 is 4.74 Å². The molecular weight excluding hydrogens is 240 g/mol. The minimum Gasteiger partial charge on any atom is -0.493 e. The van der Waals surface area contributed by atoms with Crippen molar-refractivity contribution in [3.05, 3.63) is 38.4 Å². The van der Waals surface area contributed by atoms with E-state index in [4.69, 9.17) is 4.74 Å². The van der Waals surface area contributed by atoms with Gasteiger partial charge >= 0.3 is 11.4 Å². The lowest BCUT2D eigenvalue weighted by Gasteiger charge is -2.05. The van der Waals surface area contributed by atoms with Crippen molar-refractivity contribution in [2.24, 2.45) is 0 Å². The minimum absolute atomic E-state index is 0.281. The van der Waals surface area contributed by atoms with Gasteiger partial charge in [0.25, 0.3) is 0 Å². The molecule has 7 nitrogen and oxygen atoms in total. The monoisotopic (exact) mass is 254 g/mol. The van der Waals surface area contributed by atoms with E-state index < -0.39 is 21.2 Å². The van der Waals surface area contributed by atoms with E-state index in [1.807, 2.05) is 0 Å². The fourth-order valence-electron chi connectivity index (χ4n) is 1.44. The van der Waals surface area contributed by atoms with Crippen LogP contribution in [0.3, 0.4) is 0 Å². The van der Waals surface area contributed by atoms with Gasteiger partial charge in [-0.3, -0.25) is 20.2 Å². The zero-order chi connectivity index (χ0) is 13.5. The molecule has 7 heteroatoms. The summed E-state index contributed by atoms with van der Waals surface area (Å²) in [5.74, 6) is 0.281. The number of benzene rings is 1. The molecule has 0 spiro atoms. The fraction of sp³-hybridized carbons (Fsp3) is 0.455. The molecule has 0 N–H and O–H groups in total. The third-order valence-corrected chi connectivity index (χ3v) is 2.36. The van der Waals surface area contributed by atoms with Gasteiger partial charge in [0, 0.05) is 6.07 Å². The summed E-state index contributed by atoms with van der Waals surface area (Å²) in [6.07, 6.45) is 2.90. The molecule has 0 atom stereocenters. The van der Waals surface area contributed by atoms with E-state index in [0.29, 0.717) is 6.61 Å². The predicted octanol–water partition coefficient (Wildman–Crippen LogP) is 3.07. The zero-order valence-corrected chi connectivity index (χ0v) is 10.00. The second-order valence-corrected chi connectivity index (χ2v) is 3.72. The highest BCUT2D eigenvalue weighted by Crippen LogP contribution is 2.30. The maximum Gasteiger partial charge on any atom is 0.349 e. The van der Waals surface area contributed by atoms with Crippen LogP contribution in [-0.4, -0.2) is 16.5 Å². The molecule has 98 valence electrons. The maximum atomic E-state index is 10.7. The third kappa shape index (κ3) is 3.69. The molecule has 0 bridgehead atoms. The Balaban J connectivity index is 2.80. The third-order valence-electron chi connectivity index (χ3n) is 2.36. The van der Waals surface area contributed by atoms with Crippen molar-refractivity contribution < 1.29 is 14.6 Å². The largest absolute Gasteiger partial charge is 0.493 e. The molecule has 0 fully saturated rings. The van der Waals surface area contributed by atoms with E-state index in [2.05, 4.69) is 6.92 Å². The van der Waals surface area contributed by atoms with Gasteiger partial charge in [-0.25, -0.2) is 0 Å². The molecular formula is C11H14N2O5. The van der Waals surface area contributed by atoms with Gasteiger partial charge in [-0.05, 0) is 12.5 Å². The Kier molecular flexibility index (Phi) is 5.04. The summed E-state index contributed by atoms with van der Waals surface area (Å²) in [6, 6.07) is 3.55. The zero-order valence-electron chi connectivity index (χ0n) is 10.00. The Morgan fingerprint density at radius 2 is 1.78 bits per heavy atom. The van der Waals surface area contributed by atoms with Crippen LogP contribution in [0, 0.1) is 20.2 Å². The van der Waals surface area contributed by atoms with E-state index in [1.165, 1.54) is 6.07 Å². The Morgan fingerprint density at radius 3 is 2.33 bits per heavy atom. The van der Waals surface area contributed by atoms with Gasteiger partial charge in [0.15, 0.2) is 0 Å². The quantitative estimate of drug-likeness (QED) is 0.423. The van der Waals surface area contributed by atoms with Crippen LogP contribution in [0.2, 0.25) is 0 Å². The summed E-state index contributed by atoms with van der Waals surface area (Å²) < 4.78 is 5.31. The second-order valence-electron chi connectivity index (χ2n) is 3.72. The van der Waals surface area contributed by atoms with Crippen LogP contribution in [-0.2, 0) is 0 Å². The average molecular weight is 254 g/mol. The van der Waals surface area contributed by atoms with Crippen LogP contribution in [0.1, 0.15) is 26.2 Å². The number of ether oxygens (including phenoxy) is 1. The molecule has 1 rings (SSSR count).